The van der Waals surface area contributed by atoms with Gasteiger partial charge in [0, 0.05) is 20.1 Å². The van der Waals surface area contributed by atoms with Crippen molar-refractivity contribution in [3.8, 4) is 0 Å². The maximum absolute atomic E-state index is 12.3. The highest BCUT2D eigenvalue weighted by molar-refractivity contribution is 5.79. The normalized spacial score (nSPS) is 13.3. The van der Waals surface area contributed by atoms with Crippen molar-refractivity contribution < 1.29 is 19.4 Å². The first kappa shape index (κ1) is 19.4. The number of carboxylic acids is 1. The molecule has 140 valence electrons. The number of benzene rings is 1. The van der Waals surface area contributed by atoms with Gasteiger partial charge < -0.3 is 15.2 Å². The van der Waals surface area contributed by atoms with E-state index in [0.29, 0.717) is 10.9 Å². The molecule has 1 atom stereocenters. The molecule has 0 radical (unpaired) electrons. The second-order valence-electron chi connectivity index (χ2n) is 6.29. The van der Waals surface area contributed by atoms with E-state index >= 15 is 0 Å². The lowest BCUT2D eigenvalue weighted by molar-refractivity contribution is -0.139. The van der Waals surface area contributed by atoms with Gasteiger partial charge in [0.05, 0.1) is 29.5 Å². The molecule has 1 aromatic heterocycles. The number of aromatic nitrogens is 2. The van der Waals surface area contributed by atoms with E-state index in [9.17, 15) is 19.2 Å². The van der Waals surface area contributed by atoms with Gasteiger partial charge in [-0.15, -0.1) is 0 Å². The van der Waals surface area contributed by atoms with Crippen molar-refractivity contribution in [3.05, 3.63) is 45.1 Å². The van der Waals surface area contributed by atoms with Gasteiger partial charge in [0.1, 0.15) is 0 Å². The number of aliphatic carboxylic acids is 1. The number of aromatic amines is 1. The fraction of sp³-hybridized carbons (Fsp3) is 0.412. The number of hydrogen-bond acceptors (Lipinski definition) is 5. The number of ether oxygens (including phenoxy) is 1. The average molecular weight is 363 g/mol. The van der Waals surface area contributed by atoms with Gasteiger partial charge in [0.15, 0.2) is 0 Å². The number of carbonyl (C=O) groups excluding carboxylic acids is 1. The van der Waals surface area contributed by atoms with Crippen LogP contribution in [0.25, 0.3) is 10.9 Å². The number of fused-ring (bicyclic) bond motifs is 1. The zero-order valence-corrected chi connectivity index (χ0v) is 14.6. The molecule has 0 aliphatic rings. The van der Waals surface area contributed by atoms with Crippen LogP contribution in [-0.4, -0.2) is 45.8 Å². The summed E-state index contributed by atoms with van der Waals surface area (Å²) >= 11 is 0. The van der Waals surface area contributed by atoms with E-state index in [1.807, 2.05) is 0 Å². The van der Waals surface area contributed by atoms with Crippen molar-refractivity contribution in [1.29, 1.82) is 0 Å². The van der Waals surface area contributed by atoms with Gasteiger partial charge in [-0.2, -0.15) is 0 Å². The Bertz CT molecular complexity index is 932. The number of H-pyrrole nitrogens is 1. The zero-order chi connectivity index (χ0) is 19.3. The lowest BCUT2D eigenvalue weighted by Crippen LogP contribution is -2.51. The number of rotatable bonds is 8. The zero-order valence-electron chi connectivity index (χ0n) is 14.6. The number of carboxylic acid groups (broad SMARTS) is 1. The molecule has 0 fully saturated rings. The molecule has 9 heteroatoms. The molecule has 0 aliphatic heterocycles. The minimum Gasteiger partial charge on any atom is -0.481 e. The molecule has 2 rings (SSSR count). The number of carbonyl (C=O) groups is 2. The summed E-state index contributed by atoms with van der Waals surface area (Å²) in [5, 5.41) is 12.0. The number of para-hydroxylation sites is 1. The van der Waals surface area contributed by atoms with Crippen LogP contribution >= 0.6 is 0 Å². The Morgan fingerprint density at radius 1 is 1.31 bits per heavy atom. The van der Waals surface area contributed by atoms with Crippen LogP contribution in [0.3, 0.4) is 0 Å². The second-order valence-corrected chi connectivity index (χ2v) is 6.29. The third-order valence-corrected chi connectivity index (χ3v) is 3.91. The lowest BCUT2D eigenvalue weighted by atomic mass is 9.98. The molecule has 0 spiro atoms. The molecule has 0 bridgehead atoms. The first-order chi connectivity index (χ1) is 12.3. The highest BCUT2D eigenvalue weighted by Gasteiger charge is 2.29. The van der Waals surface area contributed by atoms with Crippen LogP contribution in [0.1, 0.15) is 19.8 Å². The summed E-state index contributed by atoms with van der Waals surface area (Å²) in [6, 6.07) is 6.59. The number of amides is 1. The molecular weight excluding hydrogens is 342 g/mol. The van der Waals surface area contributed by atoms with Crippen molar-refractivity contribution >= 4 is 22.8 Å². The topological polar surface area (TPSA) is 130 Å². The van der Waals surface area contributed by atoms with Crippen molar-refractivity contribution in [2.24, 2.45) is 0 Å². The predicted molar refractivity (Wildman–Crippen MR) is 94.1 cm³/mol. The Balaban J connectivity index is 2.17. The predicted octanol–water partition coefficient (Wildman–Crippen LogP) is 0.0759. The molecule has 0 saturated heterocycles. The fourth-order valence-electron chi connectivity index (χ4n) is 2.86. The van der Waals surface area contributed by atoms with Crippen LogP contribution in [0.2, 0.25) is 0 Å². The van der Waals surface area contributed by atoms with E-state index in [1.54, 1.807) is 31.2 Å². The quantitative estimate of drug-likeness (QED) is 0.609. The van der Waals surface area contributed by atoms with E-state index in [1.165, 1.54) is 11.7 Å². The number of nitrogens with zero attached hydrogens (tertiary/aromatic N) is 1. The molecule has 1 amide bonds. The summed E-state index contributed by atoms with van der Waals surface area (Å²) in [7, 11) is 1.41. The standard InChI is InChI=1S/C17H21N3O6/c1-17(10-26-2,9-14(22)23)19-13(21)7-8-20-12-6-4-3-5-11(12)15(24)18-16(20)25/h3-6H,7-10H2,1-2H3,(H,19,21)(H,22,23)(H,18,24,25). The minimum atomic E-state index is -1.06. The van der Waals surface area contributed by atoms with Gasteiger partial charge in [-0.1, -0.05) is 12.1 Å². The molecule has 3 N–H and O–H groups in total. The monoisotopic (exact) mass is 363 g/mol. The van der Waals surface area contributed by atoms with Crippen LogP contribution in [-0.2, 0) is 20.9 Å². The maximum Gasteiger partial charge on any atom is 0.328 e. The molecule has 9 nitrogen and oxygen atoms in total. The second kappa shape index (κ2) is 7.96. The van der Waals surface area contributed by atoms with Crippen molar-refractivity contribution in [2.45, 2.75) is 31.8 Å². The van der Waals surface area contributed by atoms with Crippen molar-refractivity contribution in [2.75, 3.05) is 13.7 Å². The average Bonchev–Trinajstić information content (AvgIpc) is 2.53. The number of hydrogen-bond donors (Lipinski definition) is 3. The Morgan fingerprint density at radius 3 is 2.65 bits per heavy atom. The molecule has 2 aromatic rings. The van der Waals surface area contributed by atoms with Crippen LogP contribution in [0, 0.1) is 0 Å². The summed E-state index contributed by atoms with van der Waals surface area (Å²) < 4.78 is 6.30. The maximum atomic E-state index is 12.3. The van der Waals surface area contributed by atoms with E-state index < -0.39 is 28.7 Å². The smallest absolute Gasteiger partial charge is 0.328 e. The molecule has 1 heterocycles. The number of methoxy groups -OCH3 is 1. The van der Waals surface area contributed by atoms with Crippen molar-refractivity contribution in [1.82, 2.24) is 14.9 Å². The SMILES string of the molecule is COCC(C)(CC(=O)O)NC(=O)CCn1c(=O)[nH]c(=O)c2ccccc21. The number of aryl methyl sites for hydroxylation is 1. The van der Waals surface area contributed by atoms with Crippen LogP contribution in [0.4, 0.5) is 0 Å². The summed E-state index contributed by atoms with van der Waals surface area (Å²) in [5.41, 5.74) is -1.72. The highest BCUT2D eigenvalue weighted by atomic mass is 16.5. The van der Waals surface area contributed by atoms with Crippen LogP contribution < -0.4 is 16.6 Å². The fourth-order valence-corrected chi connectivity index (χ4v) is 2.86. The van der Waals surface area contributed by atoms with E-state index in [0.717, 1.165) is 0 Å². The van der Waals surface area contributed by atoms with Gasteiger partial charge in [0.25, 0.3) is 5.56 Å². The summed E-state index contributed by atoms with van der Waals surface area (Å²) in [5.74, 6) is -1.49. The minimum absolute atomic E-state index is 0.0343. The van der Waals surface area contributed by atoms with Gasteiger partial charge in [-0.3, -0.25) is 23.9 Å². The van der Waals surface area contributed by atoms with Gasteiger partial charge >= 0.3 is 11.7 Å². The van der Waals surface area contributed by atoms with Crippen LogP contribution in [0.15, 0.2) is 33.9 Å². The Morgan fingerprint density at radius 2 is 2.00 bits per heavy atom. The molecule has 0 aliphatic carbocycles. The molecule has 26 heavy (non-hydrogen) atoms. The highest BCUT2D eigenvalue weighted by Crippen LogP contribution is 2.11. The summed E-state index contributed by atoms with van der Waals surface area (Å²) in [4.78, 5) is 49.4. The lowest BCUT2D eigenvalue weighted by Gasteiger charge is -2.28. The van der Waals surface area contributed by atoms with E-state index in [4.69, 9.17) is 9.84 Å². The third kappa shape index (κ3) is 4.57. The largest absolute Gasteiger partial charge is 0.481 e. The summed E-state index contributed by atoms with van der Waals surface area (Å²) in [6.45, 7) is 1.65. The van der Waals surface area contributed by atoms with Gasteiger partial charge in [-0.05, 0) is 19.1 Å². The van der Waals surface area contributed by atoms with Gasteiger partial charge in [-0.25, -0.2) is 4.79 Å². The molecule has 1 unspecified atom stereocenters. The Kier molecular flexibility index (Phi) is 5.93. The number of nitrogens with one attached hydrogen (secondary N) is 2. The molecule has 0 saturated carbocycles. The third-order valence-electron chi connectivity index (χ3n) is 3.91. The van der Waals surface area contributed by atoms with Crippen molar-refractivity contribution in [3.63, 3.8) is 0 Å². The molecule has 1 aromatic carbocycles. The van der Waals surface area contributed by atoms with E-state index in [2.05, 4.69) is 10.3 Å². The molecular formula is C17H21N3O6. The first-order valence-electron chi connectivity index (χ1n) is 7.99. The van der Waals surface area contributed by atoms with E-state index in [-0.39, 0.29) is 26.0 Å². The summed E-state index contributed by atoms with van der Waals surface area (Å²) in [6.07, 6.45) is -0.358. The van der Waals surface area contributed by atoms with Crippen LogP contribution in [0.5, 0.6) is 0 Å². The first-order valence-corrected chi connectivity index (χ1v) is 7.99. The Labute approximate surface area is 148 Å². The Hall–Kier alpha value is -2.94. The van der Waals surface area contributed by atoms with Gasteiger partial charge in [0.2, 0.25) is 5.91 Å².